The topological polar surface area (TPSA) is 49.3 Å². The monoisotopic (exact) mass is 323 g/mol. The van der Waals surface area contributed by atoms with Crippen LogP contribution in [0.25, 0.3) is 0 Å². The van der Waals surface area contributed by atoms with Crippen molar-refractivity contribution in [3.8, 4) is 0 Å². The SMILES string of the molecule is O=C(NCC(O)Cc1ccccc1)c1cccc(C(F)(F)F)c1. The van der Waals surface area contributed by atoms with Crippen LogP contribution in [-0.4, -0.2) is 23.7 Å². The molecule has 0 aromatic heterocycles. The number of carbonyl (C=O) groups is 1. The Morgan fingerprint density at radius 3 is 2.43 bits per heavy atom. The van der Waals surface area contributed by atoms with E-state index in [4.69, 9.17) is 0 Å². The lowest BCUT2D eigenvalue weighted by Gasteiger charge is -2.13. The third-order valence-corrected chi connectivity index (χ3v) is 3.26. The summed E-state index contributed by atoms with van der Waals surface area (Å²) in [6.07, 6.45) is -4.96. The zero-order valence-corrected chi connectivity index (χ0v) is 12.2. The summed E-state index contributed by atoms with van der Waals surface area (Å²) < 4.78 is 37.8. The number of nitrogens with one attached hydrogen (secondary N) is 1. The second kappa shape index (κ2) is 7.28. The summed E-state index contributed by atoms with van der Waals surface area (Å²) in [5, 5.41) is 12.3. The molecular formula is C17H16F3NO2. The van der Waals surface area contributed by atoms with Crippen LogP contribution in [0.3, 0.4) is 0 Å². The molecule has 2 aromatic carbocycles. The Kier molecular flexibility index (Phi) is 5.39. The van der Waals surface area contributed by atoms with Gasteiger partial charge < -0.3 is 10.4 Å². The summed E-state index contributed by atoms with van der Waals surface area (Å²) in [5.41, 5.74) is -0.0602. The lowest BCUT2D eigenvalue weighted by Crippen LogP contribution is -2.33. The lowest BCUT2D eigenvalue weighted by atomic mass is 10.1. The second-order valence-corrected chi connectivity index (χ2v) is 5.13. The first-order valence-electron chi connectivity index (χ1n) is 7.03. The average Bonchev–Trinajstić information content (AvgIpc) is 2.53. The number of hydrogen-bond donors (Lipinski definition) is 2. The van der Waals surface area contributed by atoms with E-state index in [1.54, 1.807) is 0 Å². The van der Waals surface area contributed by atoms with Gasteiger partial charge in [0.2, 0.25) is 0 Å². The van der Waals surface area contributed by atoms with Gasteiger partial charge in [0, 0.05) is 18.5 Å². The van der Waals surface area contributed by atoms with E-state index in [0.717, 1.165) is 17.7 Å². The van der Waals surface area contributed by atoms with E-state index in [2.05, 4.69) is 5.32 Å². The number of carbonyl (C=O) groups excluding carboxylic acids is 1. The molecule has 0 fully saturated rings. The molecule has 1 atom stereocenters. The van der Waals surface area contributed by atoms with E-state index in [9.17, 15) is 23.1 Å². The van der Waals surface area contributed by atoms with E-state index in [1.807, 2.05) is 30.3 Å². The van der Waals surface area contributed by atoms with Gasteiger partial charge in [-0.2, -0.15) is 13.2 Å². The number of aliphatic hydroxyl groups is 1. The molecule has 1 unspecified atom stereocenters. The van der Waals surface area contributed by atoms with Crippen LogP contribution in [0.5, 0.6) is 0 Å². The molecule has 0 aliphatic heterocycles. The maximum absolute atomic E-state index is 12.6. The van der Waals surface area contributed by atoms with Gasteiger partial charge in [-0.3, -0.25) is 4.79 Å². The van der Waals surface area contributed by atoms with Crippen molar-refractivity contribution in [1.29, 1.82) is 0 Å². The Morgan fingerprint density at radius 2 is 1.78 bits per heavy atom. The van der Waals surface area contributed by atoms with Crippen LogP contribution in [0.4, 0.5) is 13.2 Å². The van der Waals surface area contributed by atoms with Crippen LogP contribution >= 0.6 is 0 Å². The normalized spacial score (nSPS) is 12.7. The number of hydrogen-bond acceptors (Lipinski definition) is 2. The zero-order valence-electron chi connectivity index (χ0n) is 12.2. The third-order valence-electron chi connectivity index (χ3n) is 3.26. The Morgan fingerprint density at radius 1 is 1.09 bits per heavy atom. The molecule has 0 saturated heterocycles. The number of alkyl halides is 3. The van der Waals surface area contributed by atoms with Gasteiger partial charge in [0.25, 0.3) is 5.91 Å². The zero-order chi connectivity index (χ0) is 16.9. The number of amides is 1. The van der Waals surface area contributed by atoms with Crippen LogP contribution in [0.1, 0.15) is 21.5 Å². The summed E-state index contributed by atoms with van der Waals surface area (Å²) >= 11 is 0. The molecular weight excluding hydrogens is 307 g/mol. The van der Waals surface area contributed by atoms with Crippen LogP contribution in [0.15, 0.2) is 54.6 Å². The molecule has 2 N–H and O–H groups in total. The van der Waals surface area contributed by atoms with Gasteiger partial charge in [0.15, 0.2) is 0 Å². The molecule has 0 aliphatic rings. The van der Waals surface area contributed by atoms with E-state index in [0.29, 0.717) is 6.42 Å². The van der Waals surface area contributed by atoms with E-state index in [-0.39, 0.29) is 12.1 Å². The molecule has 3 nitrogen and oxygen atoms in total. The first-order valence-corrected chi connectivity index (χ1v) is 7.03. The predicted molar refractivity (Wildman–Crippen MR) is 79.9 cm³/mol. The molecule has 2 rings (SSSR count). The minimum atomic E-state index is -4.50. The Hall–Kier alpha value is -2.34. The van der Waals surface area contributed by atoms with Gasteiger partial charge in [-0.25, -0.2) is 0 Å². The van der Waals surface area contributed by atoms with Crippen molar-refractivity contribution >= 4 is 5.91 Å². The fourth-order valence-electron chi connectivity index (χ4n) is 2.11. The van der Waals surface area contributed by atoms with E-state index in [1.165, 1.54) is 12.1 Å². The fourth-order valence-corrected chi connectivity index (χ4v) is 2.11. The number of rotatable bonds is 5. The van der Waals surface area contributed by atoms with Crippen LogP contribution < -0.4 is 5.32 Å². The molecule has 6 heteroatoms. The van der Waals surface area contributed by atoms with E-state index >= 15 is 0 Å². The van der Waals surface area contributed by atoms with Crippen molar-refractivity contribution in [3.63, 3.8) is 0 Å². The van der Waals surface area contributed by atoms with Gasteiger partial charge in [-0.05, 0) is 23.8 Å². The van der Waals surface area contributed by atoms with Gasteiger partial charge >= 0.3 is 6.18 Å². The number of aliphatic hydroxyl groups excluding tert-OH is 1. The molecule has 1 amide bonds. The summed E-state index contributed by atoms with van der Waals surface area (Å²) in [6, 6.07) is 13.4. The van der Waals surface area contributed by atoms with Crippen LogP contribution in [-0.2, 0) is 12.6 Å². The first-order chi connectivity index (χ1) is 10.9. The third kappa shape index (κ3) is 5.10. The molecule has 0 bridgehead atoms. The molecule has 0 aliphatic carbocycles. The fraction of sp³-hybridized carbons (Fsp3) is 0.235. The molecule has 2 aromatic rings. The maximum atomic E-state index is 12.6. The highest BCUT2D eigenvalue weighted by Crippen LogP contribution is 2.29. The van der Waals surface area contributed by atoms with Gasteiger partial charge in [0.05, 0.1) is 11.7 Å². The summed E-state index contributed by atoms with van der Waals surface area (Å²) in [6.45, 7) is -0.0377. The van der Waals surface area contributed by atoms with Crippen molar-refractivity contribution in [2.24, 2.45) is 0 Å². The Balaban J connectivity index is 1.92. The molecule has 0 radical (unpaired) electrons. The largest absolute Gasteiger partial charge is 0.416 e. The van der Waals surface area contributed by atoms with E-state index < -0.39 is 23.8 Å². The smallest absolute Gasteiger partial charge is 0.391 e. The summed E-state index contributed by atoms with van der Waals surface area (Å²) in [4.78, 5) is 11.9. The maximum Gasteiger partial charge on any atom is 0.416 e. The molecule has 122 valence electrons. The Bertz CT molecular complexity index is 656. The highest BCUT2D eigenvalue weighted by atomic mass is 19.4. The number of halogens is 3. The predicted octanol–water partition coefficient (Wildman–Crippen LogP) is 3.04. The van der Waals surface area contributed by atoms with Crippen molar-refractivity contribution < 1.29 is 23.1 Å². The lowest BCUT2D eigenvalue weighted by molar-refractivity contribution is -0.137. The van der Waals surface area contributed by atoms with Crippen molar-refractivity contribution in [3.05, 3.63) is 71.3 Å². The Labute approximate surface area is 131 Å². The van der Waals surface area contributed by atoms with Crippen LogP contribution in [0, 0.1) is 0 Å². The highest BCUT2D eigenvalue weighted by Gasteiger charge is 2.30. The average molecular weight is 323 g/mol. The van der Waals surface area contributed by atoms with Crippen molar-refractivity contribution in [2.45, 2.75) is 18.7 Å². The summed E-state index contributed by atoms with van der Waals surface area (Å²) in [5.74, 6) is -0.650. The molecule has 23 heavy (non-hydrogen) atoms. The minimum absolute atomic E-state index is 0.0377. The molecule has 0 heterocycles. The number of benzene rings is 2. The van der Waals surface area contributed by atoms with Gasteiger partial charge in [-0.15, -0.1) is 0 Å². The van der Waals surface area contributed by atoms with Crippen molar-refractivity contribution in [2.75, 3.05) is 6.54 Å². The second-order valence-electron chi connectivity index (χ2n) is 5.13. The summed E-state index contributed by atoms with van der Waals surface area (Å²) in [7, 11) is 0. The molecule has 0 spiro atoms. The van der Waals surface area contributed by atoms with Crippen LogP contribution in [0.2, 0.25) is 0 Å². The quantitative estimate of drug-likeness (QED) is 0.888. The van der Waals surface area contributed by atoms with Gasteiger partial charge in [-0.1, -0.05) is 36.4 Å². The minimum Gasteiger partial charge on any atom is -0.391 e. The first kappa shape index (κ1) is 17.0. The highest BCUT2D eigenvalue weighted by molar-refractivity contribution is 5.94. The van der Waals surface area contributed by atoms with Gasteiger partial charge in [0.1, 0.15) is 0 Å². The van der Waals surface area contributed by atoms with Crippen molar-refractivity contribution in [1.82, 2.24) is 5.32 Å². The molecule has 0 saturated carbocycles. The standard InChI is InChI=1S/C17H16F3NO2/c18-17(19,20)14-8-4-7-13(10-14)16(23)21-11-15(22)9-12-5-2-1-3-6-12/h1-8,10,15,22H,9,11H2,(H,21,23).